The number of fused-ring (bicyclic) bond motifs is 1. The molecule has 0 saturated heterocycles. The topological polar surface area (TPSA) is 30.0 Å². The van der Waals surface area contributed by atoms with Crippen molar-refractivity contribution in [1.82, 2.24) is 4.98 Å². The maximum atomic E-state index is 12.7. The number of benzene rings is 1. The van der Waals surface area contributed by atoms with Crippen molar-refractivity contribution in [3.63, 3.8) is 0 Å². The molecule has 0 aliphatic heterocycles. The highest BCUT2D eigenvalue weighted by molar-refractivity contribution is 7.99. The van der Waals surface area contributed by atoms with Crippen LogP contribution in [0.25, 0.3) is 0 Å². The summed E-state index contributed by atoms with van der Waals surface area (Å²) >= 11 is 1.55. The van der Waals surface area contributed by atoms with Gasteiger partial charge in [-0.05, 0) is 61.4 Å². The van der Waals surface area contributed by atoms with E-state index in [0.29, 0.717) is 11.5 Å². The third-order valence-corrected chi connectivity index (χ3v) is 5.30. The smallest absolute Gasteiger partial charge is 0.150 e. The molecular weight excluding hydrogens is 290 g/mol. The number of pyridine rings is 1. The zero-order chi connectivity index (χ0) is 15.5. The Bertz CT molecular complexity index is 678. The molecule has 0 bridgehead atoms. The van der Waals surface area contributed by atoms with Crippen LogP contribution in [0.15, 0.2) is 41.6 Å². The molecule has 22 heavy (non-hydrogen) atoms. The maximum Gasteiger partial charge on any atom is 0.150 e. The molecule has 0 fully saturated rings. The van der Waals surface area contributed by atoms with Crippen LogP contribution in [0.4, 0.5) is 0 Å². The molecule has 1 heterocycles. The van der Waals surface area contributed by atoms with Gasteiger partial charge in [-0.3, -0.25) is 4.79 Å². The first kappa shape index (κ1) is 15.3. The number of thioether (sulfide) groups is 1. The van der Waals surface area contributed by atoms with Crippen LogP contribution in [0.2, 0.25) is 0 Å². The Hall–Kier alpha value is -1.61. The summed E-state index contributed by atoms with van der Waals surface area (Å²) in [5, 5.41) is 0.930. The largest absolute Gasteiger partial charge is 0.298 e. The Morgan fingerprint density at radius 3 is 2.91 bits per heavy atom. The van der Waals surface area contributed by atoms with E-state index in [2.05, 4.69) is 30.1 Å². The Morgan fingerprint density at radius 2 is 2.14 bits per heavy atom. The highest BCUT2D eigenvalue weighted by Gasteiger charge is 2.27. The van der Waals surface area contributed by atoms with Crippen molar-refractivity contribution in [2.75, 3.05) is 5.75 Å². The molecule has 2 aromatic rings. The maximum absolute atomic E-state index is 12.7. The predicted octanol–water partition coefficient (Wildman–Crippen LogP) is 4.48. The van der Waals surface area contributed by atoms with E-state index in [4.69, 9.17) is 0 Å². The number of ketones is 1. The number of rotatable bonds is 4. The van der Waals surface area contributed by atoms with Crippen molar-refractivity contribution in [3.05, 3.63) is 58.8 Å². The van der Waals surface area contributed by atoms with Crippen molar-refractivity contribution in [2.45, 2.75) is 44.1 Å². The first-order chi connectivity index (χ1) is 10.6. The number of carbonyl (C=O) groups excluding carboxylic acids is 1. The van der Waals surface area contributed by atoms with Gasteiger partial charge in [-0.2, -0.15) is 0 Å². The zero-order valence-corrected chi connectivity index (χ0v) is 14.0. The van der Waals surface area contributed by atoms with E-state index in [1.807, 2.05) is 25.3 Å². The van der Waals surface area contributed by atoms with Crippen LogP contribution in [0, 0.1) is 13.8 Å². The van der Waals surface area contributed by atoms with Gasteiger partial charge in [0.2, 0.25) is 0 Å². The first-order valence-electron chi connectivity index (χ1n) is 7.81. The molecule has 1 atom stereocenters. The number of hydrogen-bond donors (Lipinski definition) is 0. The number of carbonyl (C=O) groups is 1. The Balaban J connectivity index is 1.72. The average molecular weight is 311 g/mol. The van der Waals surface area contributed by atoms with Gasteiger partial charge in [0.1, 0.15) is 0 Å². The first-order valence-corrected chi connectivity index (χ1v) is 8.80. The number of aryl methyl sites for hydroxylation is 3. The van der Waals surface area contributed by atoms with Gasteiger partial charge < -0.3 is 0 Å². The lowest BCUT2D eigenvalue weighted by Gasteiger charge is -2.26. The van der Waals surface area contributed by atoms with E-state index in [0.717, 1.165) is 29.9 Å². The third-order valence-electron chi connectivity index (χ3n) is 4.34. The molecule has 1 aliphatic rings. The second-order valence-electron chi connectivity index (χ2n) is 6.02. The summed E-state index contributed by atoms with van der Waals surface area (Å²) in [6.45, 7) is 4.15. The number of nitrogens with zero attached hydrogens (tertiary/aromatic N) is 1. The Labute approximate surface area is 136 Å². The molecule has 1 aromatic heterocycles. The van der Waals surface area contributed by atoms with Gasteiger partial charge in [-0.25, -0.2) is 4.98 Å². The molecule has 114 valence electrons. The molecular formula is C19H21NOS. The van der Waals surface area contributed by atoms with Crippen LogP contribution in [0.5, 0.6) is 0 Å². The molecule has 2 nitrogen and oxygen atoms in total. The Morgan fingerprint density at radius 1 is 1.27 bits per heavy atom. The van der Waals surface area contributed by atoms with Crippen molar-refractivity contribution in [2.24, 2.45) is 0 Å². The fourth-order valence-corrected chi connectivity index (χ4v) is 3.99. The van der Waals surface area contributed by atoms with E-state index < -0.39 is 0 Å². The normalized spacial score (nSPS) is 17.1. The molecule has 3 rings (SSSR count). The standard InChI is InChI=1S/C19H21NOS/c1-13-9-10-18(20-11-13)22-12-17(21)16-8-4-7-15-6-3-5-14(2)19(15)16/h3,5-6,9-11,16H,4,7-8,12H2,1-2H3. The summed E-state index contributed by atoms with van der Waals surface area (Å²) in [7, 11) is 0. The molecule has 0 spiro atoms. The highest BCUT2D eigenvalue weighted by Crippen LogP contribution is 2.35. The van der Waals surface area contributed by atoms with Crippen LogP contribution < -0.4 is 0 Å². The zero-order valence-electron chi connectivity index (χ0n) is 13.1. The second-order valence-corrected chi connectivity index (χ2v) is 7.02. The minimum absolute atomic E-state index is 0.0721. The molecule has 0 saturated carbocycles. The Kier molecular flexibility index (Phi) is 4.63. The molecule has 0 N–H and O–H groups in total. The minimum Gasteiger partial charge on any atom is -0.298 e. The SMILES string of the molecule is Cc1ccc(SCC(=O)C2CCCc3cccc(C)c32)nc1. The van der Waals surface area contributed by atoms with Crippen molar-refractivity contribution in [1.29, 1.82) is 0 Å². The molecule has 0 amide bonds. The van der Waals surface area contributed by atoms with Crippen LogP contribution >= 0.6 is 11.8 Å². The molecule has 1 aromatic carbocycles. The van der Waals surface area contributed by atoms with Gasteiger partial charge in [0, 0.05) is 12.1 Å². The van der Waals surface area contributed by atoms with Gasteiger partial charge in [0.15, 0.2) is 5.78 Å². The van der Waals surface area contributed by atoms with Crippen LogP contribution in [0.3, 0.4) is 0 Å². The molecule has 1 aliphatic carbocycles. The summed E-state index contributed by atoms with van der Waals surface area (Å²) < 4.78 is 0. The number of Topliss-reactive ketones (excluding diaryl/α,β-unsaturated/α-hetero) is 1. The van der Waals surface area contributed by atoms with E-state index in [1.165, 1.54) is 16.7 Å². The number of aromatic nitrogens is 1. The second kappa shape index (κ2) is 6.66. The quantitative estimate of drug-likeness (QED) is 0.780. The predicted molar refractivity (Wildman–Crippen MR) is 91.6 cm³/mol. The molecule has 0 radical (unpaired) electrons. The van der Waals surface area contributed by atoms with Crippen LogP contribution in [-0.2, 0) is 11.2 Å². The van der Waals surface area contributed by atoms with E-state index in [9.17, 15) is 4.79 Å². The lowest BCUT2D eigenvalue weighted by atomic mass is 9.79. The average Bonchev–Trinajstić information content (AvgIpc) is 2.54. The van der Waals surface area contributed by atoms with Gasteiger partial charge in [0.05, 0.1) is 10.8 Å². The summed E-state index contributed by atoms with van der Waals surface area (Å²) in [6.07, 6.45) is 5.05. The molecule has 1 unspecified atom stereocenters. The van der Waals surface area contributed by atoms with Crippen LogP contribution in [0.1, 0.15) is 41.0 Å². The van der Waals surface area contributed by atoms with E-state index >= 15 is 0 Å². The van der Waals surface area contributed by atoms with Gasteiger partial charge in [0.25, 0.3) is 0 Å². The summed E-state index contributed by atoms with van der Waals surface area (Å²) in [6, 6.07) is 10.4. The fraction of sp³-hybridized carbons (Fsp3) is 0.368. The summed E-state index contributed by atoms with van der Waals surface area (Å²) in [5.74, 6) is 0.916. The van der Waals surface area contributed by atoms with E-state index in [1.54, 1.807) is 11.8 Å². The van der Waals surface area contributed by atoms with Crippen LogP contribution in [-0.4, -0.2) is 16.5 Å². The van der Waals surface area contributed by atoms with Crippen molar-refractivity contribution in [3.8, 4) is 0 Å². The van der Waals surface area contributed by atoms with E-state index in [-0.39, 0.29) is 5.92 Å². The highest BCUT2D eigenvalue weighted by atomic mass is 32.2. The lowest BCUT2D eigenvalue weighted by Crippen LogP contribution is -2.21. The van der Waals surface area contributed by atoms with Crippen molar-refractivity contribution >= 4 is 17.5 Å². The van der Waals surface area contributed by atoms with Gasteiger partial charge >= 0.3 is 0 Å². The van der Waals surface area contributed by atoms with Crippen molar-refractivity contribution < 1.29 is 4.79 Å². The monoisotopic (exact) mass is 311 g/mol. The summed E-state index contributed by atoms with van der Waals surface area (Å²) in [4.78, 5) is 17.1. The molecule has 3 heteroatoms. The fourth-order valence-electron chi connectivity index (χ4n) is 3.21. The van der Waals surface area contributed by atoms with Gasteiger partial charge in [-0.15, -0.1) is 0 Å². The lowest BCUT2D eigenvalue weighted by molar-refractivity contribution is -0.118. The van der Waals surface area contributed by atoms with Gasteiger partial charge in [-0.1, -0.05) is 36.0 Å². The third kappa shape index (κ3) is 3.25. The number of hydrogen-bond acceptors (Lipinski definition) is 3. The summed E-state index contributed by atoms with van der Waals surface area (Å²) in [5.41, 5.74) is 5.06. The minimum atomic E-state index is 0.0721.